The van der Waals surface area contributed by atoms with Gasteiger partial charge in [0.25, 0.3) is 0 Å². The maximum Gasteiger partial charge on any atom is 0.344 e. The number of carbonyl (C=O) groups is 2. The zero-order chi connectivity index (χ0) is 13.2. The van der Waals surface area contributed by atoms with E-state index in [0.29, 0.717) is 10.0 Å². The van der Waals surface area contributed by atoms with Crippen molar-refractivity contribution in [3.63, 3.8) is 0 Å². The van der Waals surface area contributed by atoms with Gasteiger partial charge < -0.3 is 14.9 Å². The molecule has 1 aromatic rings. The minimum absolute atomic E-state index is 0.0648. The van der Waals surface area contributed by atoms with Crippen LogP contribution in [0.15, 0.2) is 16.6 Å². The first kappa shape index (κ1) is 13.5. The number of ether oxygens (including phenoxy) is 1. The molecule has 5 nitrogen and oxygen atoms in total. The van der Waals surface area contributed by atoms with Crippen molar-refractivity contribution in [1.29, 1.82) is 0 Å². The highest BCUT2D eigenvalue weighted by Crippen LogP contribution is 2.29. The predicted octanol–water partition coefficient (Wildman–Crippen LogP) is 2.31. The lowest BCUT2D eigenvalue weighted by Gasteiger charge is -2.15. The number of carboxylic acid groups (broad SMARTS) is 2. The fourth-order valence-electron chi connectivity index (χ4n) is 1.27. The van der Waals surface area contributed by atoms with E-state index in [1.54, 1.807) is 13.0 Å². The first-order valence-corrected chi connectivity index (χ1v) is 5.55. The predicted molar refractivity (Wildman–Crippen MR) is 63.6 cm³/mol. The molecule has 0 aliphatic carbocycles. The molecule has 0 bridgehead atoms. The van der Waals surface area contributed by atoms with Crippen LogP contribution in [0.2, 0.25) is 0 Å². The molecule has 0 saturated carbocycles. The van der Waals surface area contributed by atoms with Crippen LogP contribution in [-0.4, -0.2) is 28.3 Å². The lowest BCUT2D eigenvalue weighted by molar-refractivity contribution is -0.144. The van der Waals surface area contributed by atoms with Gasteiger partial charge in [0.05, 0.1) is 0 Å². The Morgan fingerprint density at radius 1 is 1.35 bits per heavy atom. The molecule has 0 aromatic heterocycles. The van der Waals surface area contributed by atoms with E-state index in [9.17, 15) is 9.59 Å². The smallest absolute Gasteiger partial charge is 0.344 e. The third-order valence-electron chi connectivity index (χ3n) is 2.11. The maximum absolute atomic E-state index is 11.0. The van der Waals surface area contributed by atoms with Gasteiger partial charge in [-0.05, 0) is 31.5 Å². The maximum atomic E-state index is 11.0. The number of aliphatic carboxylic acids is 1. The third kappa shape index (κ3) is 3.20. The Morgan fingerprint density at radius 3 is 2.41 bits per heavy atom. The molecule has 0 aliphatic heterocycles. The molecule has 0 saturated heterocycles. The molecule has 0 amide bonds. The minimum Gasteiger partial charge on any atom is -0.479 e. The molecule has 2 N–H and O–H groups in total. The second-order valence-corrected chi connectivity index (χ2v) is 4.42. The number of hydrogen-bond donors (Lipinski definition) is 2. The van der Waals surface area contributed by atoms with E-state index in [-0.39, 0.29) is 11.3 Å². The second-order valence-electron chi connectivity index (χ2n) is 3.50. The van der Waals surface area contributed by atoms with Gasteiger partial charge in [0.1, 0.15) is 11.3 Å². The van der Waals surface area contributed by atoms with Gasteiger partial charge in [0.2, 0.25) is 0 Å². The van der Waals surface area contributed by atoms with Crippen molar-refractivity contribution in [2.24, 2.45) is 0 Å². The zero-order valence-electron chi connectivity index (χ0n) is 9.23. The Morgan fingerprint density at radius 2 is 1.94 bits per heavy atom. The normalized spacial score (nSPS) is 11.9. The number of aryl methyl sites for hydroxylation is 1. The average molecular weight is 303 g/mol. The highest BCUT2D eigenvalue weighted by atomic mass is 79.9. The molecule has 0 aliphatic rings. The Balaban J connectivity index is 3.21. The van der Waals surface area contributed by atoms with E-state index in [0.717, 1.165) is 0 Å². The van der Waals surface area contributed by atoms with Crippen LogP contribution in [-0.2, 0) is 4.79 Å². The van der Waals surface area contributed by atoms with Crippen molar-refractivity contribution < 1.29 is 24.5 Å². The monoisotopic (exact) mass is 302 g/mol. The first-order chi connectivity index (χ1) is 7.82. The van der Waals surface area contributed by atoms with Crippen LogP contribution in [0.1, 0.15) is 22.8 Å². The topological polar surface area (TPSA) is 83.8 Å². The van der Waals surface area contributed by atoms with Crippen molar-refractivity contribution in [3.8, 4) is 5.75 Å². The van der Waals surface area contributed by atoms with E-state index in [1.165, 1.54) is 13.0 Å². The van der Waals surface area contributed by atoms with Gasteiger partial charge in [-0.1, -0.05) is 15.9 Å². The summed E-state index contributed by atoms with van der Waals surface area (Å²) in [5, 5.41) is 17.8. The van der Waals surface area contributed by atoms with Crippen LogP contribution in [0.4, 0.5) is 0 Å². The van der Waals surface area contributed by atoms with Crippen LogP contribution < -0.4 is 4.74 Å². The molecule has 0 spiro atoms. The van der Waals surface area contributed by atoms with Gasteiger partial charge in [-0.2, -0.15) is 0 Å². The zero-order valence-corrected chi connectivity index (χ0v) is 10.8. The molecule has 6 heteroatoms. The summed E-state index contributed by atoms with van der Waals surface area (Å²) >= 11 is 3.18. The van der Waals surface area contributed by atoms with Crippen LogP contribution in [0.5, 0.6) is 5.75 Å². The van der Waals surface area contributed by atoms with Crippen LogP contribution in [0.3, 0.4) is 0 Å². The molecule has 1 unspecified atom stereocenters. The lowest BCUT2D eigenvalue weighted by atomic mass is 10.1. The van der Waals surface area contributed by atoms with Crippen molar-refractivity contribution in [3.05, 3.63) is 27.7 Å². The number of carboxylic acids is 2. The highest BCUT2D eigenvalue weighted by Gasteiger charge is 2.20. The fourth-order valence-corrected chi connectivity index (χ4v) is 1.84. The average Bonchev–Trinajstić information content (AvgIpc) is 2.20. The van der Waals surface area contributed by atoms with Gasteiger partial charge in [-0.15, -0.1) is 0 Å². The van der Waals surface area contributed by atoms with Crippen molar-refractivity contribution in [2.75, 3.05) is 0 Å². The van der Waals surface area contributed by atoms with E-state index in [2.05, 4.69) is 15.9 Å². The number of halogens is 1. The van der Waals surface area contributed by atoms with E-state index in [4.69, 9.17) is 14.9 Å². The summed E-state index contributed by atoms with van der Waals surface area (Å²) in [6.07, 6.45) is -1.10. The number of benzene rings is 1. The Kier molecular flexibility index (Phi) is 4.11. The largest absolute Gasteiger partial charge is 0.479 e. The molecule has 0 fully saturated rings. The fraction of sp³-hybridized carbons (Fsp3) is 0.273. The third-order valence-corrected chi connectivity index (χ3v) is 2.57. The molecule has 92 valence electrons. The van der Waals surface area contributed by atoms with Crippen molar-refractivity contribution in [2.45, 2.75) is 20.0 Å². The SMILES string of the molecule is Cc1cc(Br)cc(C(=O)O)c1OC(C)C(=O)O. The van der Waals surface area contributed by atoms with E-state index in [1.807, 2.05) is 0 Å². The lowest BCUT2D eigenvalue weighted by Crippen LogP contribution is -2.24. The molecule has 1 atom stereocenters. The Hall–Kier alpha value is -1.56. The van der Waals surface area contributed by atoms with Gasteiger partial charge in [0, 0.05) is 4.47 Å². The number of aromatic carboxylic acids is 1. The van der Waals surface area contributed by atoms with Gasteiger partial charge in [-0.25, -0.2) is 9.59 Å². The summed E-state index contributed by atoms with van der Waals surface area (Å²) in [5.74, 6) is -2.23. The van der Waals surface area contributed by atoms with Crippen LogP contribution in [0.25, 0.3) is 0 Å². The van der Waals surface area contributed by atoms with E-state index >= 15 is 0 Å². The summed E-state index contributed by atoms with van der Waals surface area (Å²) in [4.78, 5) is 21.7. The highest BCUT2D eigenvalue weighted by molar-refractivity contribution is 9.10. The molecule has 0 radical (unpaired) electrons. The standard InChI is InChI=1S/C11H11BrO5/c1-5-3-7(12)4-8(11(15)16)9(5)17-6(2)10(13)14/h3-4,6H,1-2H3,(H,13,14)(H,15,16). The summed E-state index contributed by atoms with van der Waals surface area (Å²) in [7, 11) is 0. The minimum atomic E-state index is -1.16. The molecule has 1 aromatic carbocycles. The summed E-state index contributed by atoms with van der Waals surface area (Å²) in [5.41, 5.74) is 0.495. The number of rotatable bonds is 4. The Bertz CT molecular complexity index is 469. The van der Waals surface area contributed by atoms with Gasteiger partial charge in [0.15, 0.2) is 6.10 Å². The van der Waals surface area contributed by atoms with E-state index < -0.39 is 18.0 Å². The Labute approximate surface area is 106 Å². The second kappa shape index (κ2) is 5.18. The number of hydrogen-bond acceptors (Lipinski definition) is 3. The van der Waals surface area contributed by atoms with Crippen LogP contribution in [0, 0.1) is 6.92 Å². The first-order valence-electron chi connectivity index (χ1n) is 4.75. The van der Waals surface area contributed by atoms with Gasteiger partial charge >= 0.3 is 11.9 Å². The molecular weight excluding hydrogens is 292 g/mol. The molecule has 0 heterocycles. The quantitative estimate of drug-likeness (QED) is 0.891. The summed E-state index contributed by atoms with van der Waals surface area (Å²) in [6.45, 7) is 3.00. The van der Waals surface area contributed by atoms with Crippen molar-refractivity contribution in [1.82, 2.24) is 0 Å². The van der Waals surface area contributed by atoms with Gasteiger partial charge in [-0.3, -0.25) is 0 Å². The summed E-state index contributed by atoms with van der Waals surface area (Å²) in [6, 6.07) is 3.04. The molecule has 1 rings (SSSR count). The summed E-state index contributed by atoms with van der Waals surface area (Å²) < 4.78 is 5.75. The van der Waals surface area contributed by atoms with Crippen molar-refractivity contribution >= 4 is 27.9 Å². The van der Waals surface area contributed by atoms with Crippen LogP contribution >= 0.6 is 15.9 Å². The molecular formula is C11H11BrO5. The molecule has 17 heavy (non-hydrogen) atoms.